The van der Waals surface area contributed by atoms with Gasteiger partial charge >= 0.3 is 6.09 Å². The highest BCUT2D eigenvalue weighted by Crippen LogP contribution is 2.01. The number of carbonyl (C=O) groups is 2. The highest BCUT2D eigenvalue weighted by molar-refractivity contribution is 5.81. The molecule has 1 aromatic carbocycles. The molecule has 0 unspecified atom stereocenters. The first kappa shape index (κ1) is 18.9. The smallest absolute Gasteiger partial charge is 0.407 e. The summed E-state index contributed by atoms with van der Waals surface area (Å²) in [6.07, 6.45) is 1.49. The maximum absolute atomic E-state index is 11.5. The number of aliphatic hydroxyl groups is 1. The fourth-order valence-electron chi connectivity index (χ4n) is 1.90. The molecule has 128 valence electrons. The van der Waals surface area contributed by atoms with Gasteiger partial charge in [0.1, 0.15) is 6.61 Å². The van der Waals surface area contributed by atoms with Crippen LogP contribution >= 0.6 is 0 Å². The molecule has 0 aromatic heterocycles. The van der Waals surface area contributed by atoms with E-state index in [0.717, 1.165) is 5.56 Å². The van der Waals surface area contributed by atoms with Crippen molar-refractivity contribution in [2.24, 2.45) is 5.73 Å². The maximum Gasteiger partial charge on any atom is 0.407 e. The van der Waals surface area contributed by atoms with E-state index in [-0.39, 0.29) is 25.7 Å². The van der Waals surface area contributed by atoms with E-state index in [9.17, 15) is 9.59 Å². The van der Waals surface area contributed by atoms with Crippen molar-refractivity contribution in [2.75, 3.05) is 19.7 Å². The van der Waals surface area contributed by atoms with Crippen LogP contribution in [0.3, 0.4) is 0 Å². The standard InChI is InChI=1S/C16H25N3O4/c17-14(15(21)18-10-11-20)8-4-5-9-19-16(22)23-12-13-6-2-1-3-7-13/h1-3,6-7,14,20H,4-5,8-12,17H2,(H,18,21)(H,19,22)/t14-/m0/s1. The number of unbranched alkanes of at least 4 members (excludes halogenated alkanes) is 1. The van der Waals surface area contributed by atoms with Crippen LogP contribution in [0.2, 0.25) is 0 Å². The van der Waals surface area contributed by atoms with Crippen molar-refractivity contribution in [1.29, 1.82) is 0 Å². The minimum absolute atomic E-state index is 0.104. The number of hydrogen-bond donors (Lipinski definition) is 4. The van der Waals surface area contributed by atoms with Gasteiger partial charge in [0.05, 0.1) is 12.6 Å². The molecule has 5 N–H and O–H groups in total. The van der Waals surface area contributed by atoms with Gasteiger partial charge in [0.25, 0.3) is 0 Å². The summed E-state index contributed by atoms with van der Waals surface area (Å²) in [6, 6.07) is 8.85. The largest absolute Gasteiger partial charge is 0.445 e. The maximum atomic E-state index is 11.5. The molecule has 0 saturated heterocycles. The van der Waals surface area contributed by atoms with Gasteiger partial charge in [-0.2, -0.15) is 0 Å². The zero-order valence-electron chi connectivity index (χ0n) is 13.2. The summed E-state index contributed by atoms with van der Waals surface area (Å²) in [4.78, 5) is 23.0. The number of nitrogens with one attached hydrogen (secondary N) is 2. The number of carbonyl (C=O) groups excluding carboxylic acids is 2. The molecule has 2 amide bonds. The van der Waals surface area contributed by atoms with Crippen LogP contribution in [-0.2, 0) is 16.1 Å². The quantitative estimate of drug-likeness (QED) is 0.469. The molecule has 0 aliphatic rings. The molecule has 0 radical (unpaired) electrons. The fraction of sp³-hybridized carbons (Fsp3) is 0.500. The minimum Gasteiger partial charge on any atom is -0.445 e. The Kier molecular flexibility index (Phi) is 9.42. The Labute approximate surface area is 136 Å². The number of alkyl carbamates (subject to hydrolysis) is 1. The van der Waals surface area contributed by atoms with Crippen molar-refractivity contribution < 1.29 is 19.4 Å². The average Bonchev–Trinajstić information content (AvgIpc) is 2.58. The number of nitrogens with two attached hydrogens (primary N) is 1. The summed E-state index contributed by atoms with van der Waals surface area (Å²) in [5, 5.41) is 13.8. The van der Waals surface area contributed by atoms with E-state index in [1.807, 2.05) is 30.3 Å². The monoisotopic (exact) mass is 323 g/mol. The zero-order valence-corrected chi connectivity index (χ0v) is 13.2. The van der Waals surface area contributed by atoms with Gasteiger partial charge in [-0.1, -0.05) is 30.3 Å². The molecule has 0 saturated carbocycles. The molecule has 0 spiro atoms. The molecule has 23 heavy (non-hydrogen) atoms. The lowest BCUT2D eigenvalue weighted by molar-refractivity contribution is -0.122. The van der Waals surface area contributed by atoms with Gasteiger partial charge in [-0.05, 0) is 24.8 Å². The first-order chi connectivity index (χ1) is 11.1. The van der Waals surface area contributed by atoms with Gasteiger partial charge in [0.15, 0.2) is 0 Å². The van der Waals surface area contributed by atoms with Crippen LogP contribution in [0, 0.1) is 0 Å². The lowest BCUT2D eigenvalue weighted by atomic mass is 10.1. The first-order valence-electron chi connectivity index (χ1n) is 7.72. The van der Waals surface area contributed by atoms with E-state index in [1.165, 1.54) is 0 Å². The SMILES string of the molecule is N[C@@H](CCCCNC(=O)OCc1ccccc1)C(=O)NCCO. The van der Waals surface area contributed by atoms with Gasteiger partial charge in [-0.3, -0.25) is 4.79 Å². The summed E-state index contributed by atoms with van der Waals surface area (Å²) >= 11 is 0. The Hall–Kier alpha value is -2.12. The van der Waals surface area contributed by atoms with Crippen LogP contribution in [0.5, 0.6) is 0 Å². The number of amides is 2. The third-order valence-electron chi connectivity index (χ3n) is 3.17. The molecule has 7 heteroatoms. The predicted octanol–water partition coefficient (Wildman–Crippen LogP) is 0.519. The van der Waals surface area contributed by atoms with Crippen LogP contribution < -0.4 is 16.4 Å². The Morgan fingerprint density at radius 3 is 2.57 bits per heavy atom. The summed E-state index contributed by atoms with van der Waals surface area (Å²) in [6.45, 7) is 0.815. The van der Waals surface area contributed by atoms with Crippen molar-refractivity contribution in [3.8, 4) is 0 Å². The van der Waals surface area contributed by atoms with Crippen LogP contribution in [0.25, 0.3) is 0 Å². The normalized spacial score (nSPS) is 11.6. The number of aliphatic hydroxyl groups excluding tert-OH is 1. The van der Waals surface area contributed by atoms with Gasteiger partial charge in [0, 0.05) is 13.1 Å². The lowest BCUT2D eigenvalue weighted by Gasteiger charge is -2.11. The molecular weight excluding hydrogens is 298 g/mol. The summed E-state index contributed by atoms with van der Waals surface area (Å²) < 4.78 is 5.08. The number of hydrogen-bond acceptors (Lipinski definition) is 5. The Morgan fingerprint density at radius 1 is 1.13 bits per heavy atom. The van der Waals surface area contributed by atoms with Crippen molar-refractivity contribution in [3.05, 3.63) is 35.9 Å². The average molecular weight is 323 g/mol. The van der Waals surface area contributed by atoms with E-state index in [4.69, 9.17) is 15.6 Å². The van der Waals surface area contributed by atoms with Crippen molar-refractivity contribution in [1.82, 2.24) is 10.6 Å². The summed E-state index contributed by atoms with van der Waals surface area (Å²) in [7, 11) is 0. The number of rotatable bonds is 10. The molecule has 0 aliphatic heterocycles. The molecule has 1 aromatic rings. The highest BCUT2D eigenvalue weighted by Gasteiger charge is 2.11. The van der Waals surface area contributed by atoms with E-state index in [1.54, 1.807) is 0 Å². The van der Waals surface area contributed by atoms with Gasteiger partial charge in [-0.15, -0.1) is 0 Å². The minimum atomic E-state index is -0.591. The van der Waals surface area contributed by atoms with Crippen molar-refractivity contribution >= 4 is 12.0 Å². The van der Waals surface area contributed by atoms with Crippen LogP contribution in [0.4, 0.5) is 4.79 Å². The van der Waals surface area contributed by atoms with E-state index in [2.05, 4.69) is 10.6 Å². The first-order valence-corrected chi connectivity index (χ1v) is 7.72. The Balaban J connectivity index is 2.03. The summed E-state index contributed by atoms with van der Waals surface area (Å²) in [5.74, 6) is -0.269. The second-order valence-electron chi connectivity index (χ2n) is 5.11. The Bertz CT molecular complexity index is 468. The lowest BCUT2D eigenvalue weighted by Crippen LogP contribution is -2.41. The van der Waals surface area contributed by atoms with Crippen LogP contribution in [0.15, 0.2) is 30.3 Å². The van der Waals surface area contributed by atoms with Crippen LogP contribution in [0.1, 0.15) is 24.8 Å². The second-order valence-corrected chi connectivity index (χ2v) is 5.11. The van der Waals surface area contributed by atoms with Gasteiger partial charge in [-0.25, -0.2) is 4.79 Å². The van der Waals surface area contributed by atoms with E-state index < -0.39 is 12.1 Å². The van der Waals surface area contributed by atoms with Gasteiger partial charge < -0.3 is 26.2 Å². The highest BCUT2D eigenvalue weighted by atomic mass is 16.5. The molecule has 0 bridgehead atoms. The third-order valence-corrected chi connectivity index (χ3v) is 3.17. The molecule has 7 nitrogen and oxygen atoms in total. The van der Waals surface area contributed by atoms with Crippen LogP contribution in [-0.4, -0.2) is 42.8 Å². The van der Waals surface area contributed by atoms with E-state index >= 15 is 0 Å². The number of benzene rings is 1. The third kappa shape index (κ3) is 8.80. The topological polar surface area (TPSA) is 114 Å². The zero-order chi connectivity index (χ0) is 16.9. The van der Waals surface area contributed by atoms with E-state index in [0.29, 0.717) is 25.8 Å². The van der Waals surface area contributed by atoms with Gasteiger partial charge in [0.2, 0.25) is 5.91 Å². The molecule has 0 aliphatic carbocycles. The molecule has 0 heterocycles. The second kappa shape index (κ2) is 11.4. The molecule has 0 fully saturated rings. The summed E-state index contributed by atoms with van der Waals surface area (Å²) in [5.41, 5.74) is 6.64. The van der Waals surface area contributed by atoms with Crippen molar-refractivity contribution in [2.45, 2.75) is 31.9 Å². The predicted molar refractivity (Wildman–Crippen MR) is 86.6 cm³/mol. The molecule has 1 atom stereocenters. The van der Waals surface area contributed by atoms with Crippen molar-refractivity contribution in [3.63, 3.8) is 0 Å². The Morgan fingerprint density at radius 2 is 1.87 bits per heavy atom. The number of ether oxygens (including phenoxy) is 1. The fourth-order valence-corrected chi connectivity index (χ4v) is 1.90. The molecular formula is C16H25N3O4. The molecule has 1 rings (SSSR count).